The van der Waals surface area contributed by atoms with Gasteiger partial charge in [0.25, 0.3) is 5.56 Å². The first-order valence-electron chi connectivity index (χ1n) is 9.13. The number of hydrogen-bond donors (Lipinski definition) is 1. The Hall–Kier alpha value is -3.41. The van der Waals surface area contributed by atoms with Gasteiger partial charge in [-0.25, -0.2) is 4.98 Å². The van der Waals surface area contributed by atoms with Gasteiger partial charge >= 0.3 is 0 Å². The topological polar surface area (TPSA) is 73.2 Å². The Balaban J connectivity index is 1.71. The largest absolute Gasteiger partial charge is 0.494 e. The van der Waals surface area contributed by atoms with Crippen LogP contribution in [-0.4, -0.2) is 22.1 Å². The summed E-state index contributed by atoms with van der Waals surface area (Å²) >= 11 is 0. The zero-order valence-corrected chi connectivity index (χ0v) is 16.2. The van der Waals surface area contributed by atoms with Crippen LogP contribution in [0.25, 0.3) is 11.3 Å². The summed E-state index contributed by atoms with van der Waals surface area (Å²) in [6, 6.07) is 14.6. The van der Waals surface area contributed by atoms with E-state index in [9.17, 15) is 9.59 Å². The molecule has 0 radical (unpaired) electrons. The molecule has 3 rings (SSSR count). The molecule has 144 valence electrons. The lowest BCUT2D eigenvalue weighted by atomic mass is 10.1. The van der Waals surface area contributed by atoms with Crippen LogP contribution in [0, 0.1) is 13.8 Å². The molecule has 0 bridgehead atoms. The maximum atomic E-state index is 12.4. The van der Waals surface area contributed by atoms with E-state index in [0.717, 1.165) is 28.1 Å². The number of ether oxygens (including phenoxy) is 1. The molecule has 0 atom stereocenters. The predicted molar refractivity (Wildman–Crippen MR) is 110 cm³/mol. The molecule has 1 amide bonds. The average Bonchev–Trinajstić information content (AvgIpc) is 2.67. The van der Waals surface area contributed by atoms with Crippen LogP contribution in [0.3, 0.4) is 0 Å². The summed E-state index contributed by atoms with van der Waals surface area (Å²) in [4.78, 5) is 29.0. The Morgan fingerprint density at radius 1 is 1.11 bits per heavy atom. The van der Waals surface area contributed by atoms with Gasteiger partial charge in [0.1, 0.15) is 12.3 Å². The quantitative estimate of drug-likeness (QED) is 0.713. The Labute approximate surface area is 163 Å². The SMILES string of the molecule is CCOc1ccc(-c2cc(=O)n(CC(=O)Nc3ccc(C)cc3C)cn2)cc1. The van der Waals surface area contributed by atoms with E-state index in [2.05, 4.69) is 10.3 Å². The molecule has 3 aromatic rings. The van der Waals surface area contributed by atoms with Crippen LogP contribution >= 0.6 is 0 Å². The third kappa shape index (κ3) is 4.65. The monoisotopic (exact) mass is 377 g/mol. The van der Waals surface area contributed by atoms with E-state index in [1.165, 1.54) is 17.0 Å². The van der Waals surface area contributed by atoms with Crippen molar-refractivity contribution in [1.29, 1.82) is 0 Å². The zero-order chi connectivity index (χ0) is 20.1. The van der Waals surface area contributed by atoms with Crippen molar-refractivity contribution in [3.05, 3.63) is 76.3 Å². The maximum absolute atomic E-state index is 12.4. The molecule has 1 aromatic heterocycles. The molecule has 2 aromatic carbocycles. The molecule has 0 unspecified atom stereocenters. The second-order valence-corrected chi connectivity index (χ2v) is 6.56. The van der Waals surface area contributed by atoms with Crippen molar-refractivity contribution >= 4 is 11.6 Å². The predicted octanol–water partition coefficient (Wildman–Crippen LogP) is 3.56. The number of rotatable bonds is 6. The van der Waals surface area contributed by atoms with Crippen molar-refractivity contribution in [2.45, 2.75) is 27.3 Å². The first-order chi connectivity index (χ1) is 13.5. The highest BCUT2D eigenvalue weighted by Gasteiger charge is 2.09. The first-order valence-corrected chi connectivity index (χ1v) is 9.13. The molecule has 0 aliphatic carbocycles. The van der Waals surface area contributed by atoms with Crippen molar-refractivity contribution in [1.82, 2.24) is 9.55 Å². The second kappa shape index (κ2) is 8.52. The van der Waals surface area contributed by atoms with Gasteiger partial charge in [-0.05, 0) is 56.7 Å². The van der Waals surface area contributed by atoms with E-state index < -0.39 is 0 Å². The van der Waals surface area contributed by atoms with Crippen LogP contribution in [-0.2, 0) is 11.3 Å². The highest BCUT2D eigenvalue weighted by molar-refractivity contribution is 5.91. The third-order valence-corrected chi connectivity index (χ3v) is 4.31. The number of nitrogens with zero attached hydrogens (tertiary/aromatic N) is 2. The van der Waals surface area contributed by atoms with Gasteiger partial charge in [-0.2, -0.15) is 0 Å². The molecule has 0 spiro atoms. The Bertz CT molecular complexity index is 1040. The van der Waals surface area contributed by atoms with Gasteiger partial charge in [-0.15, -0.1) is 0 Å². The fourth-order valence-electron chi connectivity index (χ4n) is 2.89. The Morgan fingerprint density at radius 2 is 1.86 bits per heavy atom. The molecule has 0 fully saturated rings. The van der Waals surface area contributed by atoms with Gasteiger partial charge in [-0.1, -0.05) is 17.7 Å². The van der Waals surface area contributed by atoms with E-state index in [-0.39, 0.29) is 18.0 Å². The van der Waals surface area contributed by atoms with Gasteiger partial charge in [0, 0.05) is 17.3 Å². The fraction of sp³-hybridized carbons (Fsp3) is 0.227. The average molecular weight is 377 g/mol. The normalized spacial score (nSPS) is 10.5. The lowest BCUT2D eigenvalue weighted by Gasteiger charge is -2.10. The summed E-state index contributed by atoms with van der Waals surface area (Å²) in [6.07, 6.45) is 1.40. The van der Waals surface area contributed by atoms with Crippen molar-refractivity contribution in [2.24, 2.45) is 0 Å². The minimum absolute atomic E-state index is 0.0945. The maximum Gasteiger partial charge on any atom is 0.254 e. The lowest BCUT2D eigenvalue weighted by Crippen LogP contribution is -2.27. The number of aryl methyl sites for hydroxylation is 2. The summed E-state index contributed by atoms with van der Waals surface area (Å²) in [6.45, 7) is 6.35. The van der Waals surface area contributed by atoms with Crippen LogP contribution < -0.4 is 15.6 Å². The number of benzene rings is 2. The number of hydrogen-bond acceptors (Lipinski definition) is 4. The van der Waals surface area contributed by atoms with Gasteiger partial charge in [0.05, 0.1) is 18.6 Å². The first kappa shape index (κ1) is 19.4. The van der Waals surface area contributed by atoms with Gasteiger partial charge < -0.3 is 10.1 Å². The molecular weight excluding hydrogens is 354 g/mol. The number of nitrogens with one attached hydrogen (secondary N) is 1. The van der Waals surface area contributed by atoms with Crippen LogP contribution in [0.5, 0.6) is 5.75 Å². The molecule has 6 nitrogen and oxygen atoms in total. The van der Waals surface area contributed by atoms with Crippen LogP contribution in [0.2, 0.25) is 0 Å². The highest BCUT2D eigenvalue weighted by atomic mass is 16.5. The summed E-state index contributed by atoms with van der Waals surface area (Å²) in [5.74, 6) is 0.493. The summed E-state index contributed by atoms with van der Waals surface area (Å²) in [5, 5.41) is 2.84. The lowest BCUT2D eigenvalue weighted by molar-refractivity contribution is -0.116. The smallest absolute Gasteiger partial charge is 0.254 e. The van der Waals surface area contributed by atoms with E-state index in [1.807, 2.05) is 63.2 Å². The van der Waals surface area contributed by atoms with E-state index in [0.29, 0.717) is 12.3 Å². The molecular formula is C22H23N3O3. The van der Waals surface area contributed by atoms with Crippen molar-refractivity contribution in [2.75, 3.05) is 11.9 Å². The van der Waals surface area contributed by atoms with E-state index >= 15 is 0 Å². The fourth-order valence-corrected chi connectivity index (χ4v) is 2.89. The molecule has 0 aliphatic heterocycles. The van der Waals surface area contributed by atoms with Crippen molar-refractivity contribution in [3.63, 3.8) is 0 Å². The minimum atomic E-state index is -0.283. The van der Waals surface area contributed by atoms with Gasteiger partial charge in [-0.3, -0.25) is 14.2 Å². The summed E-state index contributed by atoms with van der Waals surface area (Å²) in [7, 11) is 0. The van der Waals surface area contributed by atoms with Gasteiger partial charge in [0.2, 0.25) is 5.91 Å². The molecule has 0 saturated carbocycles. The number of carbonyl (C=O) groups excluding carboxylic acids is 1. The molecule has 28 heavy (non-hydrogen) atoms. The van der Waals surface area contributed by atoms with E-state index in [4.69, 9.17) is 4.74 Å². The second-order valence-electron chi connectivity index (χ2n) is 6.56. The number of aromatic nitrogens is 2. The van der Waals surface area contributed by atoms with Crippen molar-refractivity contribution in [3.8, 4) is 17.0 Å². The summed E-state index contributed by atoms with van der Waals surface area (Å²) < 4.78 is 6.70. The van der Waals surface area contributed by atoms with E-state index in [1.54, 1.807) is 0 Å². The molecule has 0 saturated heterocycles. The molecule has 1 heterocycles. The van der Waals surface area contributed by atoms with Crippen LogP contribution in [0.15, 0.2) is 59.7 Å². The minimum Gasteiger partial charge on any atom is -0.494 e. The van der Waals surface area contributed by atoms with Crippen molar-refractivity contribution < 1.29 is 9.53 Å². The van der Waals surface area contributed by atoms with Gasteiger partial charge in [0.15, 0.2) is 0 Å². The van der Waals surface area contributed by atoms with Crippen LogP contribution in [0.1, 0.15) is 18.1 Å². The Morgan fingerprint density at radius 3 is 2.50 bits per heavy atom. The zero-order valence-electron chi connectivity index (χ0n) is 16.2. The number of anilines is 1. The molecule has 1 N–H and O–H groups in total. The third-order valence-electron chi connectivity index (χ3n) is 4.31. The standard InChI is InChI=1S/C22H23N3O3/c1-4-28-18-8-6-17(7-9-18)20-12-22(27)25(14-23-20)13-21(26)24-19-10-5-15(2)11-16(19)3/h5-12,14H,4,13H2,1-3H3,(H,24,26). The Kier molecular flexibility index (Phi) is 5.89. The van der Waals surface area contributed by atoms with Crippen LogP contribution in [0.4, 0.5) is 5.69 Å². The number of carbonyl (C=O) groups is 1. The highest BCUT2D eigenvalue weighted by Crippen LogP contribution is 2.19. The number of amides is 1. The molecule has 6 heteroatoms. The molecule has 0 aliphatic rings. The summed E-state index contributed by atoms with van der Waals surface area (Å²) in [5.41, 5.74) is 3.93.